The van der Waals surface area contributed by atoms with E-state index in [1.54, 1.807) is 0 Å². The van der Waals surface area contributed by atoms with Crippen molar-refractivity contribution in [3.05, 3.63) is 0 Å². The molecule has 0 heterocycles. The molecule has 1 aliphatic rings. The van der Waals surface area contributed by atoms with Gasteiger partial charge in [0.15, 0.2) is 5.78 Å². The average molecular weight is 207 g/mol. The van der Waals surface area contributed by atoms with E-state index in [9.17, 15) is 10.1 Å². The molecule has 1 unspecified atom stereocenters. The van der Waals surface area contributed by atoms with Crippen LogP contribution in [0.25, 0.3) is 0 Å². The standard InChI is InChI=1S/C13H21NO/c1-12(2,3)8-9-13(10-14)7-5-4-6-11(13)15/h4-9H2,1-3H3. The Bertz CT molecular complexity index is 282. The van der Waals surface area contributed by atoms with Gasteiger partial charge in [-0.05, 0) is 31.1 Å². The molecule has 0 spiro atoms. The van der Waals surface area contributed by atoms with Gasteiger partial charge in [0.2, 0.25) is 0 Å². The van der Waals surface area contributed by atoms with Gasteiger partial charge in [0.25, 0.3) is 0 Å². The van der Waals surface area contributed by atoms with E-state index >= 15 is 0 Å². The fourth-order valence-electron chi connectivity index (χ4n) is 2.12. The predicted molar refractivity (Wildman–Crippen MR) is 60.2 cm³/mol. The van der Waals surface area contributed by atoms with Crippen molar-refractivity contribution in [3.8, 4) is 6.07 Å². The van der Waals surface area contributed by atoms with Gasteiger partial charge in [0.1, 0.15) is 5.41 Å². The van der Waals surface area contributed by atoms with Crippen LogP contribution in [-0.2, 0) is 4.79 Å². The molecule has 2 nitrogen and oxygen atoms in total. The maximum atomic E-state index is 11.8. The van der Waals surface area contributed by atoms with E-state index in [2.05, 4.69) is 26.8 Å². The first-order valence-electron chi connectivity index (χ1n) is 5.84. The highest BCUT2D eigenvalue weighted by Crippen LogP contribution is 2.39. The molecule has 0 amide bonds. The van der Waals surface area contributed by atoms with E-state index in [4.69, 9.17) is 0 Å². The molecule has 15 heavy (non-hydrogen) atoms. The van der Waals surface area contributed by atoms with Crippen molar-refractivity contribution >= 4 is 5.78 Å². The lowest BCUT2D eigenvalue weighted by molar-refractivity contribution is -0.128. The molecule has 0 aliphatic heterocycles. The summed E-state index contributed by atoms with van der Waals surface area (Å²) in [5.41, 5.74) is -0.437. The van der Waals surface area contributed by atoms with Crippen LogP contribution in [0, 0.1) is 22.2 Å². The van der Waals surface area contributed by atoms with Crippen LogP contribution in [0.4, 0.5) is 0 Å². The SMILES string of the molecule is CC(C)(C)CCC1(C#N)CCCCC1=O. The lowest BCUT2D eigenvalue weighted by Gasteiger charge is -2.31. The van der Waals surface area contributed by atoms with Gasteiger partial charge in [-0.2, -0.15) is 5.26 Å². The van der Waals surface area contributed by atoms with Gasteiger partial charge < -0.3 is 0 Å². The molecule has 1 atom stereocenters. The number of hydrogen-bond acceptors (Lipinski definition) is 2. The zero-order valence-corrected chi connectivity index (χ0v) is 10.1. The molecule has 0 aromatic heterocycles. The molecule has 0 bridgehead atoms. The van der Waals surface area contributed by atoms with Gasteiger partial charge in [0, 0.05) is 6.42 Å². The summed E-state index contributed by atoms with van der Waals surface area (Å²) in [6.07, 6.45) is 5.08. The van der Waals surface area contributed by atoms with Crippen LogP contribution >= 0.6 is 0 Å². The zero-order chi connectivity index (χ0) is 11.5. The third-order valence-corrected chi connectivity index (χ3v) is 3.31. The van der Waals surface area contributed by atoms with E-state index in [-0.39, 0.29) is 11.2 Å². The van der Waals surface area contributed by atoms with Gasteiger partial charge in [-0.15, -0.1) is 0 Å². The highest BCUT2D eigenvalue weighted by molar-refractivity contribution is 5.88. The summed E-state index contributed by atoms with van der Waals surface area (Å²) in [5.74, 6) is 0.181. The molecule has 0 radical (unpaired) electrons. The first kappa shape index (κ1) is 12.2. The Balaban J connectivity index is 2.68. The summed E-state index contributed by atoms with van der Waals surface area (Å²) in [4.78, 5) is 11.8. The third kappa shape index (κ3) is 3.06. The number of Topliss-reactive ketones (excluding diaryl/α,β-unsaturated/α-hetero) is 1. The topological polar surface area (TPSA) is 40.9 Å². The largest absolute Gasteiger partial charge is 0.298 e. The number of nitrogens with zero attached hydrogens (tertiary/aromatic N) is 1. The molecule has 84 valence electrons. The van der Waals surface area contributed by atoms with Crippen LogP contribution in [-0.4, -0.2) is 5.78 Å². The Morgan fingerprint density at radius 3 is 2.53 bits per heavy atom. The molecule has 1 rings (SSSR count). The number of rotatable bonds is 2. The van der Waals surface area contributed by atoms with Gasteiger partial charge in [-0.1, -0.05) is 27.2 Å². The lowest BCUT2D eigenvalue weighted by atomic mass is 9.69. The summed E-state index contributed by atoms with van der Waals surface area (Å²) >= 11 is 0. The number of carbonyl (C=O) groups is 1. The van der Waals surface area contributed by atoms with Gasteiger partial charge in [0.05, 0.1) is 6.07 Å². The molecular weight excluding hydrogens is 186 g/mol. The monoisotopic (exact) mass is 207 g/mol. The normalized spacial score (nSPS) is 27.5. The van der Waals surface area contributed by atoms with E-state index in [0.717, 1.165) is 32.1 Å². The Morgan fingerprint density at radius 1 is 1.40 bits per heavy atom. The minimum absolute atomic E-state index is 0.181. The zero-order valence-electron chi connectivity index (χ0n) is 10.1. The van der Waals surface area contributed by atoms with Crippen LogP contribution in [0.1, 0.15) is 59.3 Å². The van der Waals surface area contributed by atoms with Crippen molar-refractivity contribution in [2.24, 2.45) is 10.8 Å². The number of nitriles is 1. The minimum atomic E-state index is -0.647. The van der Waals surface area contributed by atoms with E-state index < -0.39 is 5.41 Å². The molecule has 1 aliphatic carbocycles. The predicted octanol–water partition coefficient (Wildman–Crippen LogP) is 3.47. The number of hydrogen-bond donors (Lipinski definition) is 0. The second-order valence-electron chi connectivity index (χ2n) is 5.88. The van der Waals surface area contributed by atoms with E-state index in [1.807, 2.05) is 0 Å². The molecule has 0 saturated heterocycles. The summed E-state index contributed by atoms with van der Waals surface area (Å²) < 4.78 is 0. The summed E-state index contributed by atoms with van der Waals surface area (Å²) in [5, 5.41) is 9.24. The van der Waals surface area contributed by atoms with Crippen LogP contribution in [0.5, 0.6) is 0 Å². The van der Waals surface area contributed by atoms with Crippen LogP contribution < -0.4 is 0 Å². The first-order valence-corrected chi connectivity index (χ1v) is 5.84. The Kier molecular flexibility index (Phi) is 3.54. The minimum Gasteiger partial charge on any atom is -0.298 e. The molecular formula is C13H21NO. The summed E-state index contributed by atoms with van der Waals surface area (Å²) in [6, 6.07) is 2.29. The van der Waals surface area contributed by atoms with E-state index in [0.29, 0.717) is 6.42 Å². The Morgan fingerprint density at radius 2 is 2.07 bits per heavy atom. The van der Waals surface area contributed by atoms with Crippen LogP contribution in [0.2, 0.25) is 0 Å². The van der Waals surface area contributed by atoms with Crippen molar-refractivity contribution in [2.45, 2.75) is 59.3 Å². The van der Waals surface area contributed by atoms with Crippen molar-refractivity contribution in [1.82, 2.24) is 0 Å². The molecule has 1 fully saturated rings. The summed E-state index contributed by atoms with van der Waals surface area (Å²) in [6.45, 7) is 6.47. The molecule has 2 heteroatoms. The number of ketones is 1. The average Bonchev–Trinajstić information content (AvgIpc) is 2.16. The lowest BCUT2D eigenvalue weighted by Crippen LogP contribution is -2.33. The quantitative estimate of drug-likeness (QED) is 0.695. The van der Waals surface area contributed by atoms with E-state index in [1.165, 1.54) is 0 Å². The van der Waals surface area contributed by atoms with Crippen LogP contribution in [0.15, 0.2) is 0 Å². The highest BCUT2D eigenvalue weighted by atomic mass is 16.1. The maximum absolute atomic E-state index is 11.8. The van der Waals surface area contributed by atoms with Gasteiger partial charge in [-0.25, -0.2) is 0 Å². The fraction of sp³-hybridized carbons (Fsp3) is 0.846. The van der Waals surface area contributed by atoms with Gasteiger partial charge in [-0.3, -0.25) is 4.79 Å². The Labute approximate surface area is 92.7 Å². The molecule has 1 saturated carbocycles. The second kappa shape index (κ2) is 4.35. The molecule has 0 N–H and O–H groups in total. The number of carbonyl (C=O) groups excluding carboxylic acids is 1. The second-order valence-corrected chi connectivity index (χ2v) is 5.88. The third-order valence-electron chi connectivity index (χ3n) is 3.31. The summed E-state index contributed by atoms with van der Waals surface area (Å²) in [7, 11) is 0. The smallest absolute Gasteiger partial charge is 0.153 e. The Hall–Kier alpha value is -0.840. The van der Waals surface area contributed by atoms with Crippen molar-refractivity contribution < 1.29 is 4.79 Å². The van der Waals surface area contributed by atoms with Crippen molar-refractivity contribution in [2.75, 3.05) is 0 Å². The first-order chi connectivity index (χ1) is 6.90. The molecule has 0 aromatic carbocycles. The highest BCUT2D eigenvalue weighted by Gasteiger charge is 2.40. The van der Waals surface area contributed by atoms with Crippen LogP contribution in [0.3, 0.4) is 0 Å². The van der Waals surface area contributed by atoms with Crippen molar-refractivity contribution in [3.63, 3.8) is 0 Å². The van der Waals surface area contributed by atoms with Crippen molar-refractivity contribution in [1.29, 1.82) is 5.26 Å². The molecule has 0 aromatic rings. The maximum Gasteiger partial charge on any atom is 0.153 e. The van der Waals surface area contributed by atoms with Gasteiger partial charge >= 0.3 is 0 Å². The fourth-order valence-corrected chi connectivity index (χ4v) is 2.12.